The van der Waals surface area contributed by atoms with Crippen LogP contribution in [-0.2, 0) is 0 Å². The van der Waals surface area contributed by atoms with Crippen molar-refractivity contribution in [3.63, 3.8) is 0 Å². The molecular formula is C7H11BrN2. The molecule has 0 saturated carbocycles. The van der Waals surface area contributed by atoms with Gasteiger partial charge in [0.25, 0.3) is 6.33 Å². The Kier molecular flexibility index (Phi) is 4.19. The lowest BCUT2D eigenvalue weighted by Crippen LogP contribution is -3.00. The normalized spacial score (nSPS) is 9.10. The summed E-state index contributed by atoms with van der Waals surface area (Å²) in [5, 5.41) is 0. The summed E-state index contributed by atoms with van der Waals surface area (Å²) in [7, 11) is 0. The lowest BCUT2D eigenvalue weighted by atomic mass is 10.4. The van der Waals surface area contributed by atoms with E-state index in [0.717, 1.165) is 0 Å². The van der Waals surface area contributed by atoms with E-state index in [2.05, 4.69) is 23.4 Å². The first kappa shape index (κ1) is 9.56. The number of hydrogen-bond donors (Lipinski definition) is 0. The monoisotopic (exact) mass is 202 g/mol. The van der Waals surface area contributed by atoms with E-state index in [4.69, 9.17) is 0 Å². The average molecular weight is 203 g/mol. The zero-order valence-electron chi connectivity index (χ0n) is 6.16. The van der Waals surface area contributed by atoms with Gasteiger partial charge in [0, 0.05) is 6.07 Å². The third kappa shape index (κ3) is 2.43. The van der Waals surface area contributed by atoms with Crippen LogP contribution < -0.4 is 21.5 Å². The van der Waals surface area contributed by atoms with Crippen molar-refractivity contribution in [2.75, 3.05) is 0 Å². The van der Waals surface area contributed by atoms with Crippen LogP contribution in [0.3, 0.4) is 0 Å². The van der Waals surface area contributed by atoms with E-state index in [1.54, 1.807) is 6.20 Å². The molecule has 0 aliphatic carbocycles. The fourth-order valence-electron chi connectivity index (χ4n) is 0.647. The van der Waals surface area contributed by atoms with E-state index >= 15 is 0 Å². The zero-order valence-corrected chi connectivity index (χ0v) is 7.75. The lowest BCUT2D eigenvalue weighted by molar-refractivity contribution is -0.719. The van der Waals surface area contributed by atoms with Crippen LogP contribution in [0.15, 0.2) is 24.8 Å². The largest absolute Gasteiger partial charge is 1.00 e. The van der Waals surface area contributed by atoms with Crippen molar-refractivity contribution < 1.29 is 21.5 Å². The summed E-state index contributed by atoms with van der Waals surface area (Å²) in [6.07, 6.45) is 5.61. The molecule has 0 amide bonds. The van der Waals surface area contributed by atoms with E-state index in [9.17, 15) is 0 Å². The van der Waals surface area contributed by atoms with Crippen LogP contribution >= 0.6 is 0 Å². The molecule has 0 aliphatic heterocycles. The molecule has 56 valence electrons. The lowest BCUT2D eigenvalue weighted by Gasteiger charge is -1.98. The summed E-state index contributed by atoms with van der Waals surface area (Å²) in [6, 6.07) is 2.44. The zero-order chi connectivity index (χ0) is 6.69. The summed E-state index contributed by atoms with van der Waals surface area (Å²) in [5.74, 6) is 0. The number of aromatic nitrogens is 2. The summed E-state index contributed by atoms with van der Waals surface area (Å²) < 4.78 is 2.06. The summed E-state index contributed by atoms with van der Waals surface area (Å²) in [6.45, 7) is 4.25. The first-order valence-electron chi connectivity index (χ1n) is 3.11. The summed E-state index contributed by atoms with van der Waals surface area (Å²) in [4.78, 5) is 3.97. The maximum absolute atomic E-state index is 3.97. The highest BCUT2D eigenvalue weighted by Gasteiger charge is 1.98. The van der Waals surface area contributed by atoms with Gasteiger partial charge < -0.3 is 17.0 Å². The minimum Gasteiger partial charge on any atom is -1.00 e. The van der Waals surface area contributed by atoms with Gasteiger partial charge in [-0.15, -0.1) is 0 Å². The standard InChI is InChI=1S/C7H11N2.BrH/c1-7(2)9-5-3-4-8-6-9;/h3-7H,1-2H3;1H/q+1;/p-1. The number of hydrogen-bond acceptors (Lipinski definition) is 1. The van der Waals surface area contributed by atoms with Crippen molar-refractivity contribution in [3.8, 4) is 0 Å². The van der Waals surface area contributed by atoms with Gasteiger partial charge in [0.05, 0.1) is 12.2 Å². The topological polar surface area (TPSA) is 16.8 Å². The molecule has 0 spiro atoms. The Bertz CT molecular complexity index is 174. The SMILES string of the molecule is CC(C)[n+]1cccnc1.[Br-]. The minimum atomic E-state index is 0. The number of nitrogens with zero attached hydrogens (tertiary/aromatic N) is 2. The second-order valence-corrected chi connectivity index (χ2v) is 2.30. The van der Waals surface area contributed by atoms with Crippen LogP contribution in [-0.4, -0.2) is 4.98 Å². The number of rotatable bonds is 1. The van der Waals surface area contributed by atoms with Crippen molar-refractivity contribution in [2.45, 2.75) is 19.9 Å². The van der Waals surface area contributed by atoms with Gasteiger partial charge in [-0.3, -0.25) is 0 Å². The maximum Gasteiger partial charge on any atom is 0.286 e. The van der Waals surface area contributed by atoms with Crippen LogP contribution in [0.2, 0.25) is 0 Å². The highest BCUT2D eigenvalue weighted by Crippen LogP contribution is 1.86. The molecule has 0 aromatic carbocycles. The van der Waals surface area contributed by atoms with Crippen LogP contribution in [0.4, 0.5) is 0 Å². The molecule has 1 aromatic rings. The molecule has 1 rings (SSSR count). The van der Waals surface area contributed by atoms with Gasteiger partial charge in [-0.05, 0) is 13.8 Å². The summed E-state index contributed by atoms with van der Waals surface area (Å²) >= 11 is 0. The molecule has 0 radical (unpaired) electrons. The average Bonchev–Trinajstić information content (AvgIpc) is 1.90. The molecule has 0 unspecified atom stereocenters. The third-order valence-corrected chi connectivity index (χ3v) is 1.23. The first-order valence-corrected chi connectivity index (χ1v) is 3.11. The van der Waals surface area contributed by atoms with Crippen molar-refractivity contribution >= 4 is 0 Å². The Morgan fingerprint density at radius 1 is 1.40 bits per heavy atom. The molecule has 2 nitrogen and oxygen atoms in total. The van der Waals surface area contributed by atoms with Crippen LogP contribution in [0, 0.1) is 0 Å². The Labute approximate surface area is 71.7 Å². The van der Waals surface area contributed by atoms with Crippen LogP contribution in [0.1, 0.15) is 19.9 Å². The van der Waals surface area contributed by atoms with Crippen molar-refractivity contribution in [2.24, 2.45) is 0 Å². The molecule has 1 aromatic heterocycles. The molecule has 0 atom stereocenters. The van der Waals surface area contributed by atoms with E-state index < -0.39 is 0 Å². The van der Waals surface area contributed by atoms with Gasteiger partial charge in [0.1, 0.15) is 6.20 Å². The highest BCUT2D eigenvalue weighted by atomic mass is 79.9. The van der Waals surface area contributed by atoms with Crippen LogP contribution in [0.5, 0.6) is 0 Å². The molecule has 0 aliphatic rings. The Balaban J connectivity index is 0.000000810. The van der Waals surface area contributed by atoms with E-state index in [1.165, 1.54) is 0 Å². The Hall–Kier alpha value is -0.440. The third-order valence-electron chi connectivity index (χ3n) is 1.23. The van der Waals surface area contributed by atoms with Crippen LogP contribution in [0.25, 0.3) is 0 Å². The molecule has 3 heteroatoms. The molecule has 0 saturated heterocycles. The Morgan fingerprint density at radius 2 is 2.10 bits per heavy atom. The van der Waals surface area contributed by atoms with Crippen molar-refractivity contribution in [3.05, 3.63) is 24.8 Å². The maximum atomic E-state index is 3.97. The quantitative estimate of drug-likeness (QED) is 0.480. The molecule has 10 heavy (non-hydrogen) atoms. The second kappa shape index (κ2) is 4.39. The first-order chi connectivity index (χ1) is 4.30. The minimum absolute atomic E-state index is 0. The molecule has 0 fully saturated rings. The predicted molar refractivity (Wildman–Crippen MR) is 34.8 cm³/mol. The van der Waals surface area contributed by atoms with Crippen molar-refractivity contribution in [1.29, 1.82) is 0 Å². The smallest absolute Gasteiger partial charge is 0.286 e. The molecule has 1 heterocycles. The van der Waals surface area contributed by atoms with Gasteiger partial charge in [0.15, 0.2) is 0 Å². The molecule has 0 bridgehead atoms. The van der Waals surface area contributed by atoms with E-state index in [1.807, 2.05) is 18.6 Å². The van der Waals surface area contributed by atoms with Gasteiger partial charge >= 0.3 is 0 Å². The second-order valence-electron chi connectivity index (χ2n) is 2.30. The fraction of sp³-hybridized carbons (Fsp3) is 0.429. The predicted octanol–water partition coefficient (Wildman–Crippen LogP) is -2.05. The van der Waals surface area contributed by atoms with E-state index in [-0.39, 0.29) is 17.0 Å². The summed E-state index contributed by atoms with van der Waals surface area (Å²) in [5.41, 5.74) is 0. The number of halogens is 1. The fourth-order valence-corrected chi connectivity index (χ4v) is 0.647. The highest BCUT2D eigenvalue weighted by molar-refractivity contribution is 4.69. The molecular weight excluding hydrogens is 192 g/mol. The van der Waals surface area contributed by atoms with Gasteiger partial charge in [-0.1, -0.05) is 4.98 Å². The van der Waals surface area contributed by atoms with E-state index in [0.29, 0.717) is 6.04 Å². The van der Waals surface area contributed by atoms with Gasteiger partial charge in [-0.25, -0.2) is 4.57 Å². The Morgan fingerprint density at radius 3 is 2.40 bits per heavy atom. The molecule has 0 N–H and O–H groups in total. The van der Waals surface area contributed by atoms with Gasteiger partial charge in [-0.2, -0.15) is 0 Å². The van der Waals surface area contributed by atoms with Crippen molar-refractivity contribution in [1.82, 2.24) is 4.98 Å². The van der Waals surface area contributed by atoms with Gasteiger partial charge in [0.2, 0.25) is 0 Å².